The van der Waals surface area contributed by atoms with Gasteiger partial charge < -0.3 is 10.6 Å². The van der Waals surface area contributed by atoms with E-state index in [0.717, 1.165) is 48.0 Å². The first-order chi connectivity index (χ1) is 9.24. The first kappa shape index (κ1) is 12.5. The van der Waals surface area contributed by atoms with Crippen LogP contribution in [0.15, 0.2) is 30.3 Å². The molecule has 3 rings (SSSR count). The Balaban J connectivity index is 1.82. The SMILES string of the molecule is NC1CCN(c2cc(-c3ccccc3Cl)[nH]n2)CC1. The lowest BCUT2D eigenvalue weighted by Gasteiger charge is -2.29. The highest BCUT2D eigenvalue weighted by molar-refractivity contribution is 6.33. The van der Waals surface area contributed by atoms with Gasteiger partial charge >= 0.3 is 0 Å². The minimum Gasteiger partial charge on any atom is -0.355 e. The molecule has 0 radical (unpaired) electrons. The summed E-state index contributed by atoms with van der Waals surface area (Å²) in [5.74, 6) is 0.974. The van der Waals surface area contributed by atoms with Crippen molar-refractivity contribution in [3.63, 3.8) is 0 Å². The molecule has 0 aliphatic carbocycles. The maximum atomic E-state index is 6.20. The molecule has 2 heterocycles. The monoisotopic (exact) mass is 276 g/mol. The van der Waals surface area contributed by atoms with E-state index in [-0.39, 0.29) is 0 Å². The van der Waals surface area contributed by atoms with Crippen LogP contribution in [0.25, 0.3) is 11.3 Å². The lowest BCUT2D eigenvalue weighted by Crippen LogP contribution is -2.39. The predicted molar refractivity (Wildman–Crippen MR) is 78.5 cm³/mol. The van der Waals surface area contributed by atoms with E-state index in [1.54, 1.807) is 0 Å². The average Bonchev–Trinajstić information content (AvgIpc) is 2.89. The fourth-order valence-electron chi connectivity index (χ4n) is 2.42. The Bertz CT molecular complexity index is 558. The number of rotatable bonds is 2. The van der Waals surface area contributed by atoms with Crippen LogP contribution < -0.4 is 10.6 Å². The summed E-state index contributed by atoms with van der Waals surface area (Å²) in [5.41, 5.74) is 7.86. The fourth-order valence-corrected chi connectivity index (χ4v) is 2.66. The largest absolute Gasteiger partial charge is 0.355 e. The average molecular weight is 277 g/mol. The number of hydrogen-bond acceptors (Lipinski definition) is 3. The number of anilines is 1. The standard InChI is InChI=1S/C14H17ClN4/c15-12-4-2-1-3-11(12)13-9-14(18-17-13)19-7-5-10(16)6-8-19/h1-4,9-10H,5-8,16H2,(H,17,18). The van der Waals surface area contributed by atoms with Crippen LogP contribution in [0.4, 0.5) is 5.82 Å². The first-order valence-electron chi connectivity index (χ1n) is 6.55. The molecule has 0 amide bonds. The highest BCUT2D eigenvalue weighted by Crippen LogP contribution is 2.28. The van der Waals surface area contributed by atoms with Crippen LogP contribution >= 0.6 is 11.6 Å². The van der Waals surface area contributed by atoms with E-state index < -0.39 is 0 Å². The number of nitrogens with zero attached hydrogens (tertiary/aromatic N) is 2. The van der Waals surface area contributed by atoms with E-state index in [4.69, 9.17) is 17.3 Å². The molecule has 0 spiro atoms. The zero-order valence-corrected chi connectivity index (χ0v) is 11.4. The molecule has 1 aromatic heterocycles. The number of nitrogens with two attached hydrogens (primary N) is 1. The van der Waals surface area contributed by atoms with E-state index in [1.807, 2.05) is 24.3 Å². The van der Waals surface area contributed by atoms with Crippen molar-refractivity contribution in [2.24, 2.45) is 5.73 Å². The van der Waals surface area contributed by atoms with Crippen LogP contribution in [0, 0.1) is 0 Å². The third-order valence-electron chi connectivity index (χ3n) is 3.59. The molecule has 1 aromatic carbocycles. The van der Waals surface area contributed by atoms with Crippen molar-refractivity contribution in [3.8, 4) is 11.3 Å². The summed E-state index contributed by atoms with van der Waals surface area (Å²) in [6.45, 7) is 1.93. The van der Waals surface area contributed by atoms with Gasteiger partial charge in [0.25, 0.3) is 0 Å². The van der Waals surface area contributed by atoms with Gasteiger partial charge in [0, 0.05) is 35.8 Å². The predicted octanol–water partition coefficient (Wildman–Crippen LogP) is 2.66. The van der Waals surface area contributed by atoms with Gasteiger partial charge in [0.05, 0.1) is 5.69 Å². The number of benzene rings is 1. The van der Waals surface area contributed by atoms with E-state index in [2.05, 4.69) is 21.2 Å². The zero-order valence-electron chi connectivity index (χ0n) is 10.6. The number of hydrogen-bond donors (Lipinski definition) is 2. The number of halogens is 1. The molecule has 4 nitrogen and oxygen atoms in total. The molecular formula is C14H17ClN4. The van der Waals surface area contributed by atoms with Crippen LogP contribution in [0.1, 0.15) is 12.8 Å². The van der Waals surface area contributed by atoms with Gasteiger partial charge in [-0.1, -0.05) is 29.8 Å². The summed E-state index contributed by atoms with van der Waals surface area (Å²) in [6.07, 6.45) is 2.04. The Kier molecular flexibility index (Phi) is 3.44. The van der Waals surface area contributed by atoms with Gasteiger partial charge in [0.15, 0.2) is 5.82 Å². The lowest BCUT2D eigenvalue weighted by molar-refractivity contribution is 0.498. The Labute approximate surface area is 117 Å². The van der Waals surface area contributed by atoms with Gasteiger partial charge in [0.1, 0.15) is 0 Å². The Morgan fingerprint density at radius 1 is 1.26 bits per heavy atom. The van der Waals surface area contributed by atoms with Crippen LogP contribution in [0.3, 0.4) is 0 Å². The molecule has 100 valence electrons. The Morgan fingerprint density at radius 3 is 2.74 bits per heavy atom. The second-order valence-electron chi connectivity index (χ2n) is 4.94. The van der Waals surface area contributed by atoms with Gasteiger partial charge in [-0.15, -0.1) is 0 Å². The number of nitrogens with one attached hydrogen (secondary N) is 1. The molecule has 0 bridgehead atoms. The van der Waals surface area contributed by atoms with Crippen LogP contribution in [0.5, 0.6) is 0 Å². The minimum atomic E-state index is 0.332. The fraction of sp³-hybridized carbons (Fsp3) is 0.357. The van der Waals surface area contributed by atoms with Gasteiger partial charge in [-0.3, -0.25) is 5.10 Å². The van der Waals surface area contributed by atoms with Gasteiger partial charge in [-0.25, -0.2) is 0 Å². The summed E-state index contributed by atoms with van der Waals surface area (Å²) in [7, 11) is 0. The summed E-state index contributed by atoms with van der Waals surface area (Å²) >= 11 is 6.20. The highest BCUT2D eigenvalue weighted by Gasteiger charge is 2.18. The second-order valence-corrected chi connectivity index (χ2v) is 5.35. The van der Waals surface area contributed by atoms with Crippen molar-refractivity contribution < 1.29 is 0 Å². The highest BCUT2D eigenvalue weighted by atomic mass is 35.5. The first-order valence-corrected chi connectivity index (χ1v) is 6.92. The van der Waals surface area contributed by atoms with Gasteiger partial charge in [-0.2, -0.15) is 5.10 Å². The quantitative estimate of drug-likeness (QED) is 0.887. The molecule has 1 aliphatic rings. The van der Waals surface area contributed by atoms with Crippen molar-refractivity contribution >= 4 is 17.4 Å². The smallest absolute Gasteiger partial charge is 0.150 e. The molecule has 19 heavy (non-hydrogen) atoms. The van der Waals surface area contributed by atoms with E-state index in [9.17, 15) is 0 Å². The van der Waals surface area contributed by atoms with Gasteiger partial charge in [-0.05, 0) is 18.9 Å². The molecule has 0 unspecified atom stereocenters. The van der Waals surface area contributed by atoms with Crippen molar-refractivity contribution in [2.75, 3.05) is 18.0 Å². The van der Waals surface area contributed by atoms with Crippen LogP contribution in [-0.4, -0.2) is 29.3 Å². The zero-order chi connectivity index (χ0) is 13.2. The molecular weight excluding hydrogens is 260 g/mol. The summed E-state index contributed by atoms with van der Waals surface area (Å²) in [6, 6.07) is 10.2. The number of H-pyrrole nitrogens is 1. The molecule has 0 saturated carbocycles. The molecule has 0 atom stereocenters. The maximum Gasteiger partial charge on any atom is 0.150 e. The van der Waals surface area contributed by atoms with Crippen molar-refractivity contribution in [1.82, 2.24) is 10.2 Å². The van der Waals surface area contributed by atoms with Gasteiger partial charge in [0.2, 0.25) is 0 Å². The Hall–Kier alpha value is -1.52. The van der Waals surface area contributed by atoms with Crippen molar-refractivity contribution in [1.29, 1.82) is 0 Å². The van der Waals surface area contributed by atoms with E-state index in [0.29, 0.717) is 6.04 Å². The maximum absolute atomic E-state index is 6.20. The Morgan fingerprint density at radius 2 is 2.00 bits per heavy atom. The molecule has 1 saturated heterocycles. The number of piperidine rings is 1. The van der Waals surface area contributed by atoms with E-state index >= 15 is 0 Å². The summed E-state index contributed by atoms with van der Waals surface area (Å²) in [4.78, 5) is 2.26. The second kappa shape index (κ2) is 5.23. The molecule has 3 N–H and O–H groups in total. The van der Waals surface area contributed by atoms with Crippen LogP contribution in [0.2, 0.25) is 5.02 Å². The molecule has 1 fully saturated rings. The topological polar surface area (TPSA) is 57.9 Å². The summed E-state index contributed by atoms with van der Waals surface area (Å²) in [5, 5.41) is 8.18. The van der Waals surface area contributed by atoms with Crippen LogP contribution in [-0.2, 0) is 0 Å². The summed E-state index contributed by atoms with van der Waals surface area (Å²) < 4.78 is 0. The molecule has 1 aliphatic heterocycles. The van der Waals surface area contributed by atoms with Crippen molar-refractivity contribution in [2.45, 2.75) is 18.9 Å². The molecule has 2 aromatic rings. The third-order valence-corrected chi connectivity index (χ3v) is 3.92. The molecule has 5 heteroatoms. The lowest BCUT2D eigenvalue weighted by atomic mass is 10.1. The third kappa shape index (κ3) is 2.60. The number of aromatic nitrogens is 2. The van der Waals surface area contributed by atoms with Crippen molar-refractivity contribution in [3.05, 3.63) is 35.4 Å². The number of aromatic amines is 1. The normalized spacial score (nSPS) is 16.8. The van der Waals surface area contributed by atoms with E-state index in [1.165, 1.54) is 0 Å². The minimum absolute atomic E-state index is 0.332.